The number of nitrogens with zero attached hydrogens (tertiary/aromatic N) is 1. The van der Waals surface area contributed by atoms with E-state index in [1.807, 2.05) is 0 Å². The zero-order valence-corrected chi connectivity index (χ0v) is 9.17. The Morgan fingerprint density at radius 1 is 1.64 bits per heavy atom. The van der Waals surface area contributed by atoms with Gasteiger partial charge in [0.15, 0.2) is 0 Å². The van der Waals surface area contributed by atoms with Gasteiger partial charge in [0.05, 0.1) is 18.0 Å². The number of carbonyl (C=O) groups excluding carboxylic acids is 1. The fraction of sp³-hybridized carbons (Fsp3) is 0.200. The Morgan fingerprint density at radius 2 is 2.43 bits per heavy atom. The SMILES string of the molecule is COC(=O)c1cncc(C#CCBr)c1. The summed E-state index contributed by atoms with van der Waals surface area (Å²) < 4.78 is 4.56. The van der Waals surface area contributed by atoms with E-state index in [-0.39, 0.29) is 0 Å². The van der Waals surface area contributed by atoms with E-state index in [2.05, 4.69) is 37.5 Å². The first-order valence-corrected chi connectivity index (χ1v) is 4.98. The number of esters is 1. The van der Waals surface area contributed by atoms with Gasteiger partial charge >= 0.3 is 5.97 Å². The first-order chi connectivity index (χ1) is 6.77. The lowest BCUT2D eigenvalue weighted by molar-refractivity contribution is 0.0600. The van der Waals surface area contributed by atoms with Crippen LogP contribution in [0, 0.1) is 11.8 Å². The molecule has 0 spiro atoms. The normalized spacial score (nSPS) is 8.71. The lowest BCUT2D eigenvalue weighted by Crippen LogP contribution is -2.01. The van der Waals surface area contributed by atoms with Crippen LogP contribution in [0.25, 0.3) is 0 Å². The van der Waals surface area contributed by atoms with Crippen LogP contribution < -0.4 is 0 Å². The number of alkyl halides is 1. The van der Waals surface area contributed by atoms with Crippen molar-refractivity contribution in [3.05, 3.63) is 29.6 Å². The molecule has 1 aromatic heterocycles. The molecule has 0 saturated heterocycles. The predicted molar refractivity (Wildman–Crippen MR) is 56.2 cm³/mol. The van der Waals surface area contributed by atoms with E-state index < -0.39 is 5.97 Å². The van der Waals surface area contributed by atoms with Crippen LogP contribution in [0.5, 0.6) is 0 Å². The molecule has 4 heteroatoms. The molecule has 0 aliphatic heterocycles. The maximum absolute atomic E-state index is 11.1. The van der Waals surface area contributed by atoms with Crippen LogP contribution in [0.15, 0.2) is 18.5 Å². The van der Waals surface area contributed by atoms with Gasteiger partial charge in [-0.05, 0) is 6.07 Å². The van der Waals surface area contributed by atoms with Crippen molar-refractivity contribution >= 4 is 21.9 Å². The maximum Gasteiger partial charge on any atom is 0.339 e. The molecule has 1 heterocycles. The smallest absolute Gasteiger partial charge is 0.339 e. The molecular weight excluding hydrogens is 246 g/mol. The number of carbonyl (C=O) groups is 1. The Hall–Kier alpha value is -1.34. The Kier molecular flexibility index (Phi) is 4.14. The van der Waals surface area contributed by atoms with E-state index in [9.17, 15) is 4.79 Å². The number of methoxy groups -OCH3 is 1. The lowest BCUT2D eigenvalue weighted by atomic mass is 10.2. The molecule has 1 rings (SSSR count). The molecular formula is C10H8BrNO2. The van der Waals surface area contributed by atoms with Crippen molar-refractivity contribution < 1.29 is 9.53 Å². The third-order valence-electron chi connectivity index (χ3n) is 1.46. The second-order valence-corrected chi connectivity index (χ2v) is 2.95. The molecule has 0 amide bonds. The van der Waals surface area contributed by atoms with Crippen molar-refractivity contribution in [1.82, 2.24) is 4.98 Å². The van der Waals surface area contributed by atoms with Gasteiger partial charge in [-0.25, -0.2) is 4.79 Å². The van der Waals surface area contributed by atoms with E-state index in [0.29, 0.717) is 16.5 Å². The molecule has 0 atom stereocenters. The van der Waals surface area contributed by atoms with Gasteiger partial charge in [-0.15, -0.1) is 0 Å². The van der Waals surface area contributed by atoms with Crippen LogP contribution in [-0.4, -0.2) is 23.4 Å². The van der Waals surface area contributed by atoms with E-state index >= 15 is 0 Å². The molecule has 0 fully saturated rings. The fourth-order valence-electron chi connectivity index (χ4n) is 0.873. The van der Waals surface area contributed by atoms with Crippen molar-refractivity contribution in [2.75, 3.05) is 12.4 Å². The lowest BCUT2D eigenvalue weighted by Gasteiger charge is -1.97. The number of rotatable bonds is 1. The zero-order valence-electron chi connectivity index (χ0n) is 7.58. The van der Waals surface area contributed by atoms with Gasteiger partial charge in [-0.3, -0.25) is 4.98 Å². The fourth-order valence-corrected chi connectivity index (χ4v) is 1.01. The van der Waals surface area contributed by atoms with Crippen molar-refractivity contribution in [2.45, 2.75) is 0 Å². The second kappa shape index (κ2) is 5.40. The molecule has 0 bridgehead atoms. The third-order valence-corrected chi connectivity index (χ3v) is 1.74. The number of ether oxygens (including phenoxy) is 1. The van der Waals surface area contributed by atoms with Crippen molar-refractivity contribution in [3.63, 3.8) is 0 Å². The van der Waals surface area contributed by atoms with Crippen LogP contribution in [0.3, 0.4) is 0 Å². The molecule has 0 radical (unpaired) electrons. The first-order valence-electron chi connectivity index (χ1n) is 3.86. The molecule has 0 aliphatic rings. The van der Waals surface area contributed by atoms with Crippen LogP contribution in [-0.2, 0) is 4.74 Å². The molecule has 0 unspecified atom stereocenters. The van der Waals surface area contributed by atoms with Gasteiger partial charge in [0.25, 0.3) is 0 Å². The highest BCUT2D eigenvalue weighted by molar-refractivity contribution is 9.09. The molecule has 1 aromatic rings. The molecule has 0 aliphatic carbocycles. The van der Waals surface area contributed by atoms with Crippen molar-refractivity contribution in [3.8, 4) is 11.8 Å². The summed E-state index contributed by atoms with van der Waals surface area (Å²) in [5.74, 6) is 5.27. The highest BCUT2D eigenvalue weighted by atomic mass is 79.9. The van der Waals surface area contributed by atoms with Crippen molar-refractivity contribution in [1.29, 1.82) is 0 Å². The van der Waals surface area contributed by atoms with E-state index in [0.717, 1.165) is 0 Å². The van der Waals surface area contributed by atoms with Gasteiger partial charge in [0.1, 0.15) is 0 Å². The van der Waals surface area contributed by atoms with Gasteiger partial charge in [-0.1, -0.05) is 27.8 Å². The molecule has 3 nitrogen and oxygen atoms in total. The largest absolute Gasteiger partial charge is 0.465 e. The standard InChI is InChI=1S/C10H8BrNO2/c1-14-10(13)9-5-8(3-2-4-11)6-12-7-9/h5-7H,4H2,1H3. The van der Waals surface area contributed by atoms with Crippen LogP contribution in [0.2, 0.25) is 0 Å². The van der Waals surface area contributed by atoms with Gasteiger partial charge in [-0.2, -0.15) is 0 Å². The topological polar surface area (TPSA) is 39.2 Å². The number of hydrogen-bond donors (Lipinski definition) is 0. The number of pyridine rings is 1. The van der Waals surface area contributed by atoms with Gasteiger partial charge in [0.2, 0.25) is 0 Å². The monoisotopic (exact) mass is 253 g/mol. The Morgan fingerprint density at radius 3 is 3.07 bits per heavy atom. The highest BCUT2D eigenvalue weighted by Crippen LogP contribution is 2.02. The van der Waals surface area contributed by atoms with Gasteiger partial charge in [0, 0.05) is 18.0 Å². The van der Waals surface area contributed by atoms with Crippen molar-refractivity contribution in [2.24, 2.45) is 0 Å². The maximum atomic E-state index is 11.1. The summed E-state index contributed by atoms with van der Waals surface area (Å²) in [6.07, 6.45) is 3.05. The van der Waals surface area contributed by atoms with E-state index in [1.165, 1.54) is 13.3 Å². The minimum Gasteiger partial charge on any atom is -0.465 e. The summed E-state index contributed by atoms with van der Waals surface area (Å²) in [5.41, 5.74) is 1.11. The van der Waals surface area contributed by atoms with Gasteiger partial charge < -0.3 is 4.74 Å². The third kappa shape index (κ3) is 2.86. The van der Waals surface area contributed by atoms with E-state index in [4.69, 9.17) is 0 Å². The highest BCUT2D eigenvalue weighted by Gasteiger charge is 2.04. The minimum absolute atomic E-state index is 0.403. The second-order valence-electron chi connectivity index (χ2n) is 2.39. The molecule has 0 N–H and O–H groups in total. The van der Waals surface area contributed by atoms with Crippen LogP contribution >= 0.6 is 15.9 Å². The first kappa shape index (κ1) is 10.7. The van der Waals surface area contributed by atoms with Crippen LogP contribution in [0.4, 0.5) is 0 Å². The Bertz CT molecular complexity index is 393. The average Bonchev–Trinajstić information content (AvgIpc) is 2.25. The Labute approximate surface area is 90.6 Å². The average molecular weight is 254 g/mol. The summed E-state index contributed by atoms with van der Waals surface area (Å²) in [6, 6.07) is 1.65. The van der Waals surface area contributed by atoms with Crippen LogP contribution in [0.1, 0.15) is 15.9 Å². The number of hydrogen-bond acceptors (Lipinski definition) is 3. The number of halogens is 1. The predicted octanol–water partition coefficient (Wildman–Crippen LogP) is 1.61. The molecule has 72 valence electrons. The molecule has 0 aromatic carbocycles. The van der Waals surface area contributed by atoms with E-state index in [1.54, 1.807) is 12.3 Å². The quantitative estimate of drug-likeness (QED) is 0.434. The minimum atomic E-state index is -0.403. The zero-order chi connectivity index (χ0) is 10.4. The summed E-state index contributed by atoms with van der Waals surface area (Å²) in [5, 5.41) is 0.593. The Balaban J connectivity index is 2.95. The number of aromatic nitrogens is 1. The molecule has 14 heavy (non-hydrogen) atoms. The summed E-state index contributed by atoms with van der Waals surface area (Å²) in [6.45, 7) is 0. The molecule has 0 saturated carbocycles. The summed E-state index contributed by atoms with van der Waals surface area (Å²) in [4.78, 5) is 15.0. The summed E-state index contributed by atoms with van der Waals surface area (Å²) in [7, 11) is 1.33. The summed E-state index contributed by atoms with van der Waals surface area (Å²) >= 11 is 3.18.